The van der Waals surface area contributed by atoms with E-state index < -0.39 is 0 Å². The Morgan fingerprint density at radius 3 is 1.88 bits per heavy atom. The van der Waals surface area contributed by atoms with Crippen LogP contribution in [0.1, 0.15) is 22.0 Å². The van der Waals surface area contributed by atoms with Gasteiger partial charge in [-0.25, -0.2) is 0 Å². The standard InChI is InChI=1S/C28H25NO2Se/c30-28(23-15-7-2-8-16-23)31-26(21-32-25-19-11-4-12-20-25)27(22-13-5-1-6-14-22)29-24-17-9-3-10-18-24/h1-20,26-27,29H,21H2. The SMILES string of the molecule is O=C(OC(C[Se]c1ccccc1)C(Nc1ccccc1)c1ccccc1)c1ccccc1. The molecule has 0 aliphatic rings. The van der Waals surface area contributed by atoms with Crippen molar-refractivity contribution in [2.45, 2.75) is 17.5 Å². The molecule has 1 N–H and O–H groups in total. The molecule has 0 radical (unpaired) electrons. The van der Waals surface area contributed by atoms with Crippen LogP contribution in [0, 0.1) is 0 Å². The van der Waals surface area contributed by atoms with Gasteiger partial charge in [-0.15, -0.1) is 0 Å². The fraction of sp³-hybridized carbons (Fsp3) is 0.107. The number of ether oxygens (including phenoxy) is 1. The number of rotatable bonds is 9. The van der Waals surface area contributed by atoms with Gasteiger partial charge >= 0.3 is 196 Å². The summed E-state index contributed by atoms with van der Waals surface area (Å²) in [6.07, 6.45) is -0.328. The summed E-state index contributed by atoms with van der Waals surface area (Å²) in [5, 5.41) is 4.38. The second-order valence-electron chi connectivity index (χ2n) is 7.33. The van der Waals surface area contributed by atoms with Crippen molar-refractivity contribution in [3.8, 4) is 0 Å². The summed E-state index contributed by atoms with van der Waals surface area (Å²) in [6, 6.07) is 39.7. The predicted molar refractivity (Wildman–Crippen MR) is 132 cm³/mol. The third kappa shape index (κ3) is 6.10. The number of carbonyl (C=O) groups excluding carboxylic acids is 1. The zero-order chi connectivity index (χ0) is 22.0. The van der Waals surface area contributed by atoms with Crippen LogP contribution in [0.5, 0.6) is 0 Å². The zero-order valence-corrected chi connectivity index (χ0v) is 19.3. The molecule has 0 aliphatic carbocycles. The summed E-state index contributed by atoms with van der Waals surface area (Å²) >= 11 is 0.161. The Bertz CT molecular complexity index is 1090. The molecule has 4 heteroatoms. The zero-order valence-electron chi connectivity index (χ0n) is 17.6. The molecule has 0 aromatic heterocycles. The van der Waals surface area contributed by atoms with E-state index in [1.165, 1.54) is 4.46 Å². The molecular weight excluding hydrogens is 461 g/mol. The van der Waals surface area contributed by atoms with E-state index >= 15 is 0 Å². The summed E-state index contributed by atoms with van der Waals surface area (Å²) < 4.78 is 7.45. The second kappa shape index (κ2) is 11.3. The van der Waals surface area contributed by atoms with Crippen LogP contribution in [0.3, 0.4) is 0 Å². The van der Waals surface area contributed by atoms with E-state index in [2.05, 4.69) is 41.7 Å². The molecule has 2 unspecified atom stereocenters. The van der Waals surface area contributed by atoms with Gasteiger partial charge in [0.15, 0.2) is 0 Å². The molecule has 3 nitrogen and oxygen atoms in total. The predicted octanol–water partition coefficient (Wildman–Crippen LogP) is 5.51. The maximum absolute atomic E-state index is 13.0. The van der Waals surface area contributed by atoms with E-state index in [1.54, 1.807) is 12.1 Å². The molecule has 0 bridgehead atoms. The van der Waals surface area contributed by atoms with Crippen LogP contribution in [0.15, 0.2) is 121 Å². The first-order valence-corrected chi connectivity index (χ1v) is 12.7. The number of carbonyl (C=O) groups is 1. The van der Waals surface area contributed by atoms with E-state index in [0.29, 0.717) is 5.56 Å². The molecule has 0 saturated heterocycles. The summed E-state index contributed by atoms with van der Waals surface area (Å²) in [5.74, 6) is -0.296. The van der Waals surface area contributed by atoms with Crippen molar-refractivity contribution in [1.29, 1.82) is 0 Å². The van der Waals surface area contributed by atoms with Crippen molar-refractivity contribution in [2.24, 2.45) is 0 Å². The topological polar surface area (TPSA) is 38.3 Å². The summed E-state index contributed by atoms with van der Waals surface area (Å²) in [7, 11) is 0. The number of benzene rings is 4. The molecule has 0 fully saturated rings. The molecule has 0 saturated carbocycles. The number of para-hydroxylation sites is 1. The molecule has 2 atom stereocenters. The third-order valence-electron chi connectivity index (χ3n) is 5.05. The van der Waals surface area contributed by atoms with Gasteiger partial charge in [0.05, 0.1) is 0 Å². The van der Waals surface area contributed by atoms with Crippen LogP contribution in [-0.2, 0) is 4.74 Å². The van der Waals surface area contributed by atoms with Crippen LogP contribution < -0.4 is 9.78 Å². The van der Waals surface area contributed by atoms with E-state index in [4.69, 9.17) is 4.74 Å². The third-order valence-corrected chi connectivity index (χ3v) is 7.36. The molecule has 0 amide bonds. The van der Waals surface area contributed by atoms with Gasteiger partial charge in [-0.05, 0) is 0 Å². The summed E-state index contributed by atoms with van der Waals surface area (Å²) in [5.41, 5.74) is 2.65. The van der Waals surface area contributed by atoms with Crippen molar-refractivity contribution < 1.29 is 9.53 Å². The number of nitrogens with one attached hydrogen (secondary N) is 1. The molecule has 0 aliphatic heterocycles. The Hall–Kier alpha value is -3.33. The first kappa shape index (κ1) is 21.9. The average Bonchev–Trinajstić information content (AvgIpc) is 2.87. The van der Waals surface area contributed by atoms with Crippen LogP contribution in [0.4, 0.5) is 5.69 Å². The van der Waals surface area contributed by atoms with Gasteiger partial charge in [0, 0.05) is 0 Å². The minimum atomic E-state index is -0.328. The van der Waals surface area contributed by atoms with E-state index in [0.717, 1.165) is 16.6 Å². The number of anilines is 1. The Morgan fingerprint density at radius 2 is 1.25 bits per heavy atom. The average molecular weight is 486 g/mol. The molecule has 0 heterocycles. The Labute approximate surface area is 195 Å². The monoisotopic (exact) mass is 487 g/mol. The van der Waals surface area contributed by atoms with Crippen LogP contribution in [0.2, 0.25) is 5.32 Å². The fourth-order valence-electron chi connectivity index (χ4n) is 3.44. The first-order valence-electron chi connectivity index (χ1n) is 10.6. The van der Waals surface area contributed by atoms with Crippen LogP contribution in [0.25, 0.3) is 0 Å². The van der Waals surface area contributed by atoms with Crippen molar-refractivity contribution >= 4 is 31.1 Å². The van der Waals surface area contributed by atoms with Gasteiger partial charge in [-0.1, -0.05) is 0 Å². The van der Waals surface area contributed by atoms with Gasteiger partial charge < -0.3 is 0 Å². The fourth-order valence-corrected chi connectivity index (χ4v) is 5.47. The van der Waals surface area contributed by atoms with Gasteiger partial charge in [0.2, 0.25) is 0 Å². The van der Waals surface area contributed by atoms with Gasteiger partial charge in [0.1, 0.15) is 0 Å². The number of hydrogen-bond acceptors (Lipinski definition) is 3. The minimum absolute atomic E-state index is 0.161. The second-order valence-corrected chi connectivity index (χ2v) is 9.63. The molecular formula is C28H25NO2Se. The summed E-state index contributed by atoms with van der Waals surface area (Å²) in [4.78, 5) is 13.0. The molecule has 4 rings (SSSR count). The number of hydrogen-bond donors (Lipinski definition) is 1. The molecule has 32 heavy (non-hydrogen) atoms. The summed E-state index contributed by atoms with van der Waals surface area (Å²) in [6.45, 7) is 0. The Morgan fingerprint density at radius 1 is 0.719 bits per heavy atom. The van der Waals surface area contributed by atoms with Crippen molar-refractivity contribution in [3.63, 3.8) is 0 Å². The van der Waals surface area contributed by atoms with Crippen molar-refractivity contribution in [3.05, 3.63) is 132 Å². The van der Waals surface area contributed by atoms with Gasteiger partial charge in [0.25, 0.3) is 0 Å². The van der Waals surface area contributed by atoms with E-state index in [1.807, 2.05) is 72.8 Å². The Kier molecular flexibility index (Phi) is 7.75. The molecule has 160 valence electrons. The molecule has 4 aromatic carbocycles. The van der Waals surface area contributed by atoms with E-state index in [-0.39, 0.29) is 33.1 Å². The van der Waals surface area contributed by atoms with Crippen molar-refractivity contribution in [1.82, 2.24) is 0 Å². The number of esters is 1. The van der Waals surface area contributed by atoms with E-state index in [9.17, 15) is 4.79 Å². The van der Waals surface area contributed by atoms with Crippen LogP contribution in [-0.4, -0.2) is 27.0 Å². The van der Waals surface area contributed by atoms with Crippen LogP contribution >= 0.6 is 0 Å². The Balaban J connectivity index is 1.63. The molecule has 0 spiro atoms. The molecule has 4 aromatic rings. The first-order chi connectivity index (χ1) is 15.8. The van der Waals surface area contributed by atoms with Gasteiger partial charge in [-0.3, -0.25) is 0 Å². The van der Waals surface area contributed by atoms with Crippen molar-refractivity contribution in [2.75, 3.05) is 5.32 Å². The van der Waals surface area contributed by atoms with Gasteiger partial charge in [-0.2, -0.15) is 0 Å². The quantitative estimate of drug-likeness (QED) is 0.250. The maximum atomic E-state index is 13.0. The normalized spacial score (nSPS) is 12.5.